The molecule has 4 rings (SSSR count). The maximum absolute atomic E-state index is 6.18. The van der Waals surface area contributed by atoms with E-state index in [-0.39, 0.29) is 0 Å². The molecule has 4 heteroatoms. The lowest BCUT2D eigenvalue weighted by Gasteiger charge is -2.33. The normalized spacial score (nSPS) is 20.5. The number of benzene rings is 2. The molecule has 2 aromatic carbocycles. The number of hydrogen-bond donors (Lipinski definition) is 1. The van der Waals surface area contributed by atoms with E-state index in [9.17, 15) is 0 Å². The molecule has 0 amide bonds. The molecule has 4 nitrogen and oxygen atoms in total. The summed E-state index contributed by atoms with van der Waals surface area (Å²) in [5, 5.41) is 0. The van der Waals surface area contributed by atoms with E-state index in [2.05, 4.69) is 42.3 Å². The first kappa shape index (κ1) is 19.3. The number of ether oxygens (including phenoxy) is 2. The van der Waals surface area contributed by atoms with Gasteiger partial charge in [0.15, 0.2) is 0 Å². The first-order valence-corrected chi connectivity index (χ1v) is 10.5. The van der Waals surface area contributed by atoms with Crippen LogP contribution in [0.3, 0.4) is 0 Å². The zero-order chi connectivity index (χ0) is 19.5. The van der Waals surface area contributed by atoms with Gasteiger partial charge in [0.2, 0.25) is 0 Å². The van der Waals surface area contributed by atoms with Crippen LogP contribution in [0.25, 0.3) is 0 Å². The van der Waals surface area contributed by atoms with Gasteiger partial charge in [0.1, 0.15) is 11.5 Å². The van der Waals surface area contributed by atoms with Crippen LogP contribution in [-0.2, 0) is 6.54 Å². The summed E-state index contributed by atoms with van der Waals surface area (Å²) in [6.07, 6.45) is 4.73. The topological polar surface area (TPSA) is 47.7 Å². The van der Waals surface area contributed by atoms with Crippen LogP contribution in [0.1, 0.15) is 48.3 Å². The third-order valence-electron chi connectivity index (χ3n) is 6.12. The third kappa shape index (κ3) is 4.50. The van der Waals surface area contributed by atoms with E-state index in [1.807, 2.05) is 12.1 Å². The Hall–Kier alpha value is -2.04. The highest BCUT2D eigenvalue weighted by atomic mass is 16.5. The second-order valence-corrected chi connectivity index (χ2v) is 8.38. The summed E-state index contributed by atoms with van der Waals surface area (Å²) in [5.74, 6) is 3.03. The van der Waals surface area contributed by atoms with Crippen LogP contribution in [0, 0.1) is 5.92 Å². The summed E-state index contributed by atoms with van der Waals surface area (Å²) >= 11 is 0. The monoisotopic (exact) mass is 380 g/mol. The molecule has 2 aliphatic rings. The van der Waals surface area contributed by atoms with Crippen LogP contribution in [0.4, 0.5) is 0 Å². The van der Waals surface area contributed by atoms with Crippen LogP contribution >= 0.6 is 0 Å². The Balaban J connectivity index is 1.42. The average Bonchev–Trinajstić information content (AvgIpc) is 3.55. The van der Waals surface area contributed by atoms with Crippen molar-refractivity contribution in [3.8, 4) is 11.5 Å². The fraction of sp³-hybridized carbons (Fsp3) is 0.500. The van der Waals surface area contributed by atoms with Crippen molar-refractivity contribution in [2.45, 2.75) is 44.2 Å². The summed E-state index contributed by atoms with van der Waals surface area (Å²) < 4.78 is 11.3. The van der Waals surface area contributed by atoms with Crippen LogP contribution in [-0.4, -0.2) is 38.3 Å². The fourth-order valence-corrected chi connectivity index (χ4v) is 4.30. The van der Waals surface area contributed by atoms with E-state index in [1.54, 1.807) is 7.11 Å². The smallest absolute Gasteiger partial charge is 0.119 e. The predicted molar refractivity (Wildman–Crippen MR) is 113 cm³/mol. The minimum atomic E-state index is 0.367. The molecule has 0 radical (unpaired) electrons. The lowest BCUT2D eigenvalue weighted by atomic mass is 9.84. The lowest BCUT2D eigenvalue weighted by molar-refractivity contribution is 0.286. The highest BCUT2D eigenvalue weighted by molar-refractivity contribution is 5.45. The number of fused-ring (bicyclic) bond motifs is 1. The predicted octanol–water partition coefficient (Wildman–Crippen LogP) is 4.17. The quantitative estimate of drug-likeness (QED) is 0.698. The highest BCUT2D eigenvalue weighted by Gasteiger charge is 2.28. The molecular weight excluding hydrogens is 348 g/mol. The summed E-state index contributed by atoms with van der Waals surface area (Å²) in [7, 11) is 3.89. The minimum absolute atomic E-state index is 0.367. The van der Waals surface area contributed by atoms with E-state index in [0.29, 0.717) is 12.0 Å². The second kappa shape index (κ2) is 8.54. The largest absolute Gasteiger partial charge is 0.497 e. The van der Waals surface area contributed by atoms with Gasteiger partial charge in [-0.3, -0.25) is 0 Å². The van der Waals surface area contributed by atoms with Gasteiger partial charge in [-0.05, 0) is 79.6 Å². The van der Waals surface area contributed by atoms with Crippen LogP contribution in [0.15, 0.2) is 42.5 Å². The van der Waals surface area contributed by atoms with Crippen molar-refractivity contribution in [2.75, 3.05) is 27.3 Å². The Morgan fingerprint density at radius 3 is 2.57 bits per heavy atom. The van der Waals surface area contributed by atoms with Crippen LogP contribution < -0.4 is 15.2 Å². The van der Waals surface area contributed by atoms with Crippen molar-refractivity contribution in [3.63, 3.8) is 0 Å². The van der Waals surface area contributed by atoms with Crippen molar-refractivity contribution in [3.05, 3.63) is 59.2 Å². The van der Waals surface area contributed by atoms with Gasteiger partial charge in [-0.1, -0.05) is 18.2 Å². The molecule has 0 bridgehead atoms. The molecule has 0 saturated heterocycles. The van der Waals surface area contributed by atoms with Crippen molar-refractivity contribution < 1.29 is 9.47 Å². The van der Waals surface area contributed by atoms with Crippen LogP contribution in [0.2, 0.25) is 0 Å². The second-order valence-electron chi connectivity index (χ2n) is 8.38. The molecule has 2 N–H and O–H groups in total. The number of methoxy groups -OCH3 is 1. The first-order chi connectivity index (χ1) is 13.6. The Kier molecular flexibility index (Phi) is 5.88. The van der Waals surface area contributed by atoms with Crippen molar-refractivity contribution in [1.82, 2.24) is 4.90 Å². The molecule has 150 valence electrons. The number of rotatable bonds is 8. The molecule has 1 aliphatic carbocycles. The maximum atomic E-state index is 6.18. The zero-order valence-electron chi connectivity index (χ0n) is 17.1. The molecule has 1 fully saturated rings. The maximum Gasteiger partial charge on any atom is 0.119 e. The van der Waals surface area contributed by atoms with Crippen molar-refractivity contribution in [1.29, 1.82) is 0 Å². The van der Waals surface area contributed by atoms with E-state index in [0.717, 1.165) is 50.0 Å². The van der Waals surface area contributed by atoms with E-state index in [4.69, 9.17) is 15.2 Å². The van der Waals surface area contributed by atoms with Gasteiger partial charge in [-0.25, -0.2) is 0 Å². The molecule has 1 aliphatic heterocycles. The number of nitrogens with two attached hydrogens (primary N) is 1. The van der Waals surface area contributed by atoms with E-state index in [1.165, 1.54) is 29.5 Å². The third-order valence-corrected chi connectivity index (χ3v) is 6.12. The Morgan fingerprint density at radius 2 is 1.86 bits per heavy atom. The van der Waals surface area contributed by atoms with Gasteiger partial charge >= 0.3 is 0 Å². The average molecular weight is 381 g/mol. The van der Waals surface area contributed by atoms with Crippen LogP contribution in [0.5, 0.6) is 11.5 Å². The fourth-order valence-electron chi connectivity index (χ4n) is 4.30. The van der Waals surface area contributed by atoms with Gasteiger partial charge in [-0.15, -0.1) is 0 Å². The van der Waals surface area contributed by atoms with E-state index >= 15 is 0 Å². The first-order valence-electron chi connectivity index (χ1n) is 10.5. The van der Waals surface area contributed by atoms with E-state index < -0.39 is 0 Å². The number of nitrogens with zero attached hydrogens (tertiary/aromatic N) is 1. The Morgan fingerprint density at radius 1 is 1.11 bits per heavy atom. The molecule has 28 heavy (non-hydrogen) atoms. The molecule has 2 unspecified atom stereocenters. The number of likely N-dealkylation sites (N-methyl/N-ethyl adjacent to an activating group) is 1. The molecule has 0 aromatic heterocycles. The zero-order valence-corrected chi connectivity index (χ0v) is 17.1. The SMILES string of the molecule is COc1ccc(C2CN(C)Cc3cc(OCCCC(N)C4CC4)ccc32)cc1. The summed E-state index contributed by atoms with van der Waals surface area (Å²) in [5.41, 5.74) is 10.3. The van der Waals surface area contributed by atoms with Crippen molar-refractivity contribution >= 4 is 0 Å². The van der Waals surface area contributed by atoms with Gasteiger partial charge in [0.05, 0.1) is 13.7 Å². The molecule has 1 saturated carbocycles. The van der Waals surface area contributed by atoms with Gasteiger partial charge < -0.3 is 20.1 Å². The molecule has 2 atom stereocenters. The van der Waals surface area contributed by atoms with Gasteiger partial charge in [-0.2, -0.15) is 0 Å². The summed E-state index contributed by atoms with van der Waals surface area (Å²) in [4.78, 5) is 2.38. The molecule has 1 heterocycles. The standard InChI is InChI=1S/C24H32N2O2/c1-26-15-19-14-21(28-13-3-4-24(25)18-5-6-18)11-12-22(19)23(16-26)17-7-9-20(27-2)10-8-17/h7-12,14,18,23-24H,3-6,13,15-16,25H2,1-2H3. The minimum Gasteiger partial charge on any atom is -0.497 e. The summed E-state index contributed by atoms with van der Waals surface area (Å²) in [6, 6.07) is 15.4. The lowest BCUT2D eigenvalue weighted by Crippen LogP contribution is -2.31. The van der Waals surface area contributed by atoms with Gasteiger partial charge in [0, 0.05) is 25.0 Å². The van der Waals surface area contributed by atoms with Gasteiger partial charge in [0.25, 0.3) is 0 Å². The molecule has 2 aromatic rings. The Labute approximate surface area is 168 Å². The van der Waals surface area contributed by atoms with Crippen molar-refractivity contribution in [2.24, 2.45) is 11.7 Å². The summed E-state index contributed by atoms with van der Waals surface area (Å²) in [6.45, 7) is 2.74. The molecular formula is C24H32N2O2. The Bertz CT molecular complexity index is 786. The molecule has 0 spiro atoms. The number of hydrogen-bond acceptors (Lipinski definition) is 4. The highest BCUT2D eigenvalue weighted by Crippen LogP contribution is 2.36.